The van der Waals surface area contributed by atoms with Crippen molar-refractivity contribution in [2.75, 3.05) is 6.61 Å². The molecule has 1 aliphatic carbocycles. The molecule has 0 aliphatic heterocycles. The topological polar surface area (TPSA) is 47.3 Å². The van der Waals surface area contributed by atoms with Crippen LogP contribution in [0.3, 0.4) is 0 Å². The summed E-state index contributed by atoms with van der Waals surface area (Å²) in [6, 6.07) is 16.3. The molecule has 1 N–H and O–H groups in total. The van der Waals surface area contributed by atoms with E-state index in [2.05, 4.69) is 35.8 Å². The second-order valence-corrected chi connectivity index (χ2v) is 7.51. The van der Waals surface area contributed by atoms with Gasteiger partial charge in [-0.2, -0.15) is 0 Å². The average molecular weight is 401 g/mol. The van der Waals surface area contributed by atoms with Crippen LogP contribution in [0.4, 0.5) is 0 Å². The highest BCUT2D eigenvalue weighted by atomic mass is 35.5. The SMILES string of the molecule is CCc1ccc(OCC(O)Cn2c(C3CCCC3)nc3ccccc32)cc1.Cl. The number of ether oxygens (including phenoxy) is 1. The summed E-state index contributed by atoms with van der Waals surface area (Å²) >= 11 is 0. The smallest absolute Gasteiger partial charge is 0.119 e. The predicted octanol–water partition coefficient (Wildman–Crippen LogP) is 5.12. The lowest BCUT2D eigenvalue weighted by Gasteiger charge is -2.18. The summed E-state index contributed by atoms with van der Waals surface area (Å²) in [7, 11) is 0. The molecular weight excluding hydrogens is 372 g/mol. The van der Waals surface area contributed by atoms with E-state index in [4.69, 9.17) is 9.72 Å². The molecule has 150 valence electrons. The normalized spacial score (nSPS) is 15.5. The molecule has 1 aliphatic rings. The van der Waals surface area contributed by atoms with Gasteiger partial charge in [0.25, 0.3) is 0 Å². The van der Waals surface area contributed by atoms with Gasteiger partial charge in [-0.05, 0) is 49.1 Å². The van der Waals surface area contributed by atoms with Crippen LogP contribution < -0.4 is 4.74 Å². The van der Waals surface area contributed by atoms with E-state index < -0.39 is 6.10 Å². The van der Waals surface area contributed by atoms with Crippen molar-refractivity contribution in [3.63, 3.8) is 0 Å². The van der Waals surface area contributed by atoms with Crippen LogP contribution in [0.15, 0.2) is 48.5 Å². The third-order valence-electron chi connectivity index (χ3n) is 5.57. The fourth-order valence-electron chi connectivity index (χ4n) is 4.06. The maximum atomic E-state index is 10.6. The lowest BCUT2D eigenvalue weighted by atomic mass is 10.1. The van der Waals surface area contributed by atoms with Gasteiger partial charge in [-0.25, -0.2) is 4.98 Å². The average Bonchev–Trinajstić information content (AvgIpc) is 3.35. The summed E-state index contributed by atoms with van der Waals surface area (Å²) in [6.45, 7) is 2.93. The highest BCUT2D eigenvalue weighted by Gasteiger charge is 2.24. The number of benzene rings is 2. The second-order valence-electron chi connectivity index (χ2n) is 7.51. The number of hydrogen-bond acceptors (Lipinski definition) is 3. The first-order chi connectivity index (χ1) is 13.2. The van der Waals surface area contributed by atoms with Crippen LogP contribution in [0.25, 0.3) is 11.0 Å². The summed E-state index contributed by atoms with van der Waals surface area (Å²) < 4.78 is 8.02. The van der Waals surface area contributed by atoms with Crippen LogP contribution in [-0.2, 0) is 13.0 Å². The van der Waals surface area contributed by atoms with Crippen molar-refractivity contribution in [3.8, 4) is 5.75 Å². The van der Waals surface area contributed by atoms with Gasteiger partial charge in [0.15, 0.2) is 0 Å². The Morgan fingerprint density at radius 1 is 1.11 bits per heavy atom. The van der Waals surface area contributed by atoms with Crippen molar-refractivity contribution >= 4 is 23.4 Å². The van der Waals surface area contributed by atoms with E-state index in [1.807, 2.05) is 24.3 Å². The summed E-state index contributed by atoms with van der Waals surface area (Å²) in [5.74, 6) is 2.44. The van der Waals surface area contributed by atoms with Gasteiger partial charge in [0.2, 0.25) is 0 Å². The van der Waals surface area contributed by atoms with Crippen LogP contribution in [0.1, 0.15) is 49.9 Å². The standard InChI is InChI=1S/C23H28N2O2.ClH/c1-2-17-11-13-20(14-12-17)27-16-19(26)15-25-22-10-6-5-9-21(22)24-23(25)18-7-3-4-8-18;/h5-6,9-14,18-19,26H,2-4,7-8,15-16H2,1H3;1H. The number of halogens is 1. The Labute approximate surface area is 173 Å². The first kappa shape index (κ1) is 20.7. The molecule has 0 radical (unpaired) electrons. The minimum atomic E-state index is -0.575. The third kappa shape index (κ3) is 4.50. The molecule has 4 nitrogen and oxygen atoms in total. The maximum Gasteiger partial charge on any atom is 0.119 e. The van der Waals surface area contributed by atoms with E-state index in [1.54, 1.807) is 0 Å². The number of nitrogens with zero attached hydrogens (tertiary/aromatic N) is 2. The number of fused-ring (bicyclic) bond motifs is 1. The van der Waals surface area contributed by atoms with Gasteiger partial charge < -0.3 is 14.4 Å². The molecule has 1 unspecified atom stereocenters. The quantitative estimate of drug-likeness (QED) is 0.598. The molecule has 28 heavy (non-hydrogen) atoms. The van der Waals surface area contributed by atoms with Gasteiger partial charge in [0.1, 0.15) is 24.3 Å². The van der Waals surface area contributed by atoms with Crippen LogP contribution in [0.2, 0.25) is 0 Å². The highest BCUT2D eigenvalue weighted by molar-refractivity contribution is 5.85. The number of aliphatic hydroxyl groups is 1. The minimum Gasteiger partial charge on any atom is -0.491 e. The molecular formula is C23H29ClN2O2. The number of aryl methyl sites for hydroxylation is 1. The van der Waals surface area contributed by atoms with Crippen LogP contribution >= 0.6 is 12.4 Å². The number of hydrogen-bond donors (Lipinski definition) is 1. The zero-order valence-electron chi connectivity index (χ0n) is 16.4. The summed E-state index contributed by atoms with van der Waals surface area (Å²) in [4.78, 5) is 4.90. The molecule has 0 saturated heterocycles. The first-order valence-electron chi connectivity index (χ1n) is 10.1. The summed E-state index contributed by atoms with van der Waals surface area (Å²) in [5.41, 5.74) is 3.41. The molecule has 0 spiro atoms. The van der Waals surface area contributed by atoms with Crippen molar-refractivity contribution in [1.82, 2.24) is 9.55 Å². The molecule has 3 aromatic rings. The Kier molecular flexibility index (Phi) is 6.97. The fraction of sp³-hybridized carbons (Fsp3) is 0.435. The predicted molar refractivity (Wildman–Crippen MR) is 116 cm³/mol. The minimum absolute atomic E-state index is 0. The molecule has 1 saturated carbocycles. The van der Waals surface area contributed by atoms with Crippen LogP contribution in [-0.4, -0.2) is 27.4 Å². The van der Waals surface area contributed by atoms with E-state index in [1.165, 1.54) is 31.2 Å². The Balaban J connectivity index is 0.00000225. The zero-order valence-corrected chi connectivity index (χ0v) is 17.2. The molecule has 0 amide bonds. The Morgan fingerprint density at radius 2 is 1.82 bits per heavy atom. The van der Waals surface area contributed by atoms with Gasteiger partial charge >= 0.3 is 0 Å². The number of aliphatic hydroxyl groups excluding tert-OH is 1. The molecule has 2 aromatic carbocycles. The van der Waals surface area contributed by atoms with Crippen LogP contribution in [0, 0.1) is 0 Å². The number of aromatic nitrogens is 2. The van der Waals surface area contributed by atoms with Crippen LogP contribution in [0.5, 0.6) is 5.75 Å². The van der Waals surface area contributed by atoms with Gasteiger partial charge in [-0.15, -0.1) is 12.4 Å². The molecule has 1 heterocycles. The van der Waals surface area contributed by atoms with Gasteiger partial charge in [-0.1, -0.05) is 44.0 Å². The van der Waals surface area contributed by atoms with Crippen molar-refractivity contribution in [2.45, 2.75) is 57.6 Å². The summed E-state index contributed by atoms with van der Waals surface area (Å²) in [6.07, 6.45) is 5.37. The number of para-hydroxylation sites is 2. The van der Waals surface area contributed by atoms with Gasteiger partial charge in [-0.3, -0.25) is 0 Å². The maximum absolute atomic E-state index is 10.6. The van der Waals surface area contributed by atoms with Crippen molar-refractivity contribution in [3.05, 3.63) is 59.9 Å². The Morgan fingerprint density at radius 3 is 2.54 bits per heavy atom. The molecule has 1 atom stereocenters. The summed E-state index contributed by atoms with van der Waals surface area (Å²) in [5, 5.41) is 10.6. The first-order valence-corrected chi connectivity index (χ1v) is 10.1. The van der Waals surface area contributed by atoms with E-state index >= 15 is 0 Å². The van der Waals surface area contributed by atoms with E-state index in [0.29, 0.717) is 12.5 Å². The van der Waals surface area contributed by atoms with Gasteiger partial charge in [0, 0.05) is 5.92 Å². The molecule has 0 bridgehead atoms. The zero-order chi connectivity index (χ0) is 18.6. The molecule has 1 aromatic heterocycles. The molecule has 4 rings (SSSR count). The van der Waals surface area contributed by atoms with E-state index in [-0.39, 0.29) is 19.0 Å². The largest absolute Gasteiger partial charge is 0.491 e. The molecule has 5 heteroatoms. The van der Waals surface area contributed by atoms with E-state index in [9.17, 15) is 5.11 Å². The third-order valence-corrected chi connectivity index (χ3v) is 5.57. The molecule has 1 fully saturated rings. The fourth-order valence-corrected chi connectivity index (χ4v) is 4.06. The monoisotopic (exact) mass is 400 g/mol. The van der Waals surface area contributed by atoms with Crippen molar-refractivity contribution in [1.29, 1.82) is 0 Å². The van der Waals surface area contributed by atoms with Crippen molar-refractivity contribution < 1.29 is 9.84 Å². The Hall–Kier alpha value is -2.04. The number of rotatable bonds is 7. The number of imidazole rings is 1. The lowest BCUT2D eigenvalue weighted by Crippen LogP contribution is -2.25. The Bertz CT molecular complexity index is 885. The lowest BCUT2D eigenvalue weighted by molar-refractivity contribution is 0.0924. The second kappa shape index (κ2) is 9.44. The van der Waals surface area contributed by atoms with E-state index in [0.717, 1.165) is 29.0 Å². The highest BCUT2D eigenvalue weighted by Crippen LogP contribution is 2.35. The van der Waals surface area contributed by atoms with Crippen molar-refractivity contribution in [2.24, 2.45) is 0 Å². The van der Waals surface area contributed by atoms with Gasteiger partial charge in [0.05, 0.1) is 17.6 Å².